The van der Waals surface area contributed by atoms with Gasteiger partial charge in [0.1, 0.15) is 0 Å². The van der Waals surface area contributed by atoms with Crippen LogP contribution in [0.25, 0.3) is 10.9 Å². The molecule has 2 aromatic heterocycles. The van der Waals surface area contributed by atoms with Gasteiger partial charge in [-0.15, -0.1) is 0 Å². The Morgan fingerprint density at radius 2 is 2.00 bits per heavy atom. The fourth-order valence-electron chi connectivity index (χ4n) is 2.51. The molecule has 1 atom stereocenters. The molecule has 0 aliphatic carbocycles. The first-order chi connectivity index (χ1) is 10.4. The molecule has 1 unspecified atom stereocenters. The average Bonchev–Trinajstić information content (AvgIpc) is 2.56. The number of nitrogens with zero attached hydrogens (tertiary/aromatic N) is 2. The zero-order valence-electron chi connectivity index (χ0n) is 11.7. The lowest BCUT2D eigenvalue weighted by Gasteiger charge is -2.16. The largest absolute Gasteiger partial charge is 0.271 e. The van der Waals surface area contributed by atoms with E-state index in [9.17, 15) is 0 Å². The normalized spacial score (nSPS) is 12.4. The van der Waals surface area contributed by atoms with Crippen LogP contribution in [0.1, 0.15) is 23.6 Å². The summed E-state index contributed by atoms with van der Waals surface area (Å²) in [4.78, 5) is 8.48. The molecule has 106 valence electrons. The van der Waals surface area contributed by atoms with E-state index in [1.807, 2.05) is 30.6 Å². The van der Waals surface area contributed by atoms with Crippen LogP contribution in [-0.2, 0) is 6.42 Å². The van der Waals surface area contributed by atoms with Crippen molar-refractivity contribution in [2.24, 2.45) is 5.84 Å². The molecule has 0 amide bonds. The summed E-state index contributed by atoms with van der Waals surface area (Å²) < 4.78 is 0. The zero-order chi connectivity index (χ0) is 14.5. The van der Waals surface area contributed by atoms with Crippen molar-refractivity contribution in [2.75, 3.05) is 0 Å². The van der Waals surface area contributed by atoms with E-state index in [0.29, 0.717) is 0 Å². The first-order valence-electron chi connectivity index (χ1n) is 7.06. The lowest BCUT2D eigenvalue weighted by atomic mass is 9.99. The van der Waals surface area contributed by atoms with Crippen LogP contribution in [0.2, 0.25) is 0 Å². The van der Waals surface area contributed by atoms with Gasteiger partial charge in [-0.25, -0.2) is 0 Å². The molecular formula is C17H18N4. The summed E-state index contributed by atoms with van der Waals surface area (Å²) in [6, 6.07) is 14.5. The van der Waals surface area contributed by atoms with Gasteiger partial charge < -0.3 is 0 Å². The van der Waals surface area contributed by atoms with Gasteiger partial charge >= 0.3 is 0 Å². The SMILES string of the molecule is NNC(CCc1cccnc1)c1ccc2ncccc2c1. The number of hydrogen-bond donors (Lipinski definition) is 2. The molecule has 2 heterocycles. The van der Waals surface area contributed by atoms with Crippen molar-refractivity contribution in [2.45, 2.75) is 18.9 Å². The van der Waals surface area contributed by atoms with E-state index >= 15 is 0 Å². The minimum atomic E-state index is 0.120. The van der Waals surface area contributed by atoms with Crippen molar-refractivity contribution in [1.29, 1.82) is 0 Å². The molecular weight excluding hydrogens is 260 g/mol. The van der Waals surface area contributed by atoms with E-state index in [1.54, 1.807) is 6.20 Å². The Morgan fingerprint density at radius 1 is 1.10 bits per heavy atom. The predicted molar refractivity (Wildman–Crippen MR) is 84.4 cm³/mol. The van der Waals surface area contributed by atoms with Crippen LogP contribution >= 0.6 is 0 Å². The van der Waals surface area contributed by atoms with Crippen molar-refractivity contribution in [3.63, 3.8) is 0 Å². The summed E-state index contributed by atoms with van der Waals surface area (Å²) >= 11 is 0. The van der Waals surface area contributed by atoms with Gasteiger partial charge in [-0.05, 0) is 48.2 Å². The highest BCUT2D eigenvalue weighted by Crippen LogP contribution is 2.22. The predicted octanol–water partition coefficient (Wildman–Crippen LogP) is 2.77. The van der Waals surface area contributed by atoms with Gasteiger partial charge in [-0.2, -0.15) is 0 Å². The van der Waals surface area contributed by atoms with Gasteiger partial charge in [-0.1, -0.05) is 18.2 Å². The highest BCUT2D eigenvalue weighted by atomic mass is 15.2. The van der Waals surface area contributed by atoms with E-state index in [1.165, 1.54) is 11.1 Å². The second-order valence-electron chi connectivity index (χ2n) is 5.07. The lowest BCUT2D eigenvalue weighted by Crippen LogP contribution is -2.28. The third-order valence-electron chi connectivity index (χ3n) is 3.68. The smallest absolute Gasteiger partial charge is 0.0702 e. The minimum absolute atomic E-state index is 0.120. The summed E-state index contributed by atoms with van der Waals surface area (Å²) in [6.45, 7) is 0. The summed E-state index contributed by atoms with van der Waals surface area (Å²) in [5.74, 6) is 5.73. The molecule has 0 saturated carbocycles. The second kappa shape index (κ2) is 6.43. The van der Waals surface area contributed by atoms with Crippen LogP contribution < -0.4 is 11.3 Å². The van der Waals surface area contributed by atoms with Crippen molar-refractivity contribution in [3.8, 4) is 0 Å². The number of fused-ring (bicyclic) bond motifs is 1. The third-order valence-corrected chi connectivity index (χ3v) is 3.68. The van der Waals surface area contributed by atoms with E-state index < -0.39 is 0 Å². The maximum absolute atomic E-state index is 5.73. The number of aryl methyl sites for hydroxylation is 1. The van der Waals surface area contributed by atoms with Crippen molar-refractivity contribution < 1.29 is 0 Å². The van der Waals surface area contributed by atoms with Crippen LogP contribution in [-0.4, -0.2) is 9.97 Å². The molecule has 0 radical (unpaired) electrons. The summed E-state index contributed by atoms with van der Waals surface area (Å²) in [7, 11) is 0. The van der Waals surface area contributed by atoms with Crippen LogP contribution in [0.3, 0.4) is 0 Å². The Balaban J connectivity index is 1.78. The molecule has 3 rings (SSSR count). The highest BCUT2D eigenvalue weighted by molar-refractivity contribution is 5.79. The second-order valence-corrected chi connectivity index (χ2v) is 5.07. The summed E-state index contributed by atoms with van der Waals surface area (Å²) in [6.07, 6.45) is 7.36. The number of nitrogens with two attached hydrogens (primary N) is 1. The van der Waals surface area contributed by atoms with Crippen LogP contribution in [0.4, 0.5) is 0 Å². The Bertz CT molecular complexity index is 712. The van der Waals surface area contributed by atoms with Crippen LogP contribution in [0.15, 0.2) is 61.1 Å². The van der Waals surface area contributed by atoms with Crippen molar-refractivity contribution in [1.82, 2.24) is 15.4 Å². The van der Waals surface area contributed by atoms with E-state index in [2.05, 4.69) is 39.7 Å². The Hall–Kier alpha value is -2.30. The van der Waals surface area contributed by atoms with Crippen molar-refractivity contribution in [3.05, 3.63) is 72.2 Å². The molecule has 4 heteroatoms. The molecule has 0 spiro atoms. The molecule has 0 saturated heterocycles. The molecule has 21 heavy (non-hydrogen) atoms. The summed E-state index contributed by atoms with van der Waals surface area (Å²) in [5, 5.41) is 1.14. The number of pyridine rings is 2. The minimum Gasteiger partial charge on any atom is -0.271 e. The Kier molecular flexibility index (Phi) is 4.19. The fourth-order valence-corrected chi connectivity index (χ4v) is 2.51. The quantitative estimate of drug-likeness (QED) is 0.556. The number of hydrogen-bond acceptors (Lipinski definition) is 4. The highest BCUT2D eigenvalue weighted by Gasteiger charge is 2.10. The van der Waals surface area contributed by atoms with Gasteiger partial charge in [0.15, 0.2) is 0 Å². The number of rotatable bonds is 5. The molecule has 0 fully saturated rings. The molecule has 1 aromatic carbocycles. The lowest BCUT2D eigenvalue weighted by molar-refractivity contribution is 0.516. The molecule has 3 aromatic rings. The van der Waals surface area contributed by atoms with Gasteiger partial charge in [0.05, 0.1) is 5.52 Å². The van der Waals surface area contributed by atoms with Crippen LogP contribution in [0, 0.1) is 0 Å². The maximum Gasteiger partial charge on any atom is 0.0702 e. The molecule has 0 aliphatic rings. The number of aromatic nitrogens is 2. The van der Waals surface area contributed by atoms with E-state index in [-0.39, 0.29) is 6.04 Å². The zero-order valence-corrected chi connectivity index (χ0v) is 11.7. The van der Waals surface area contributed by atoms with Gasteiger partial charge in [0, 0.05) is 30.0 Å². The first kappa shape index (κ1) is 13.7. The Morgan fingerprint density at radius 3 is 2.81 bits per heavy atom. The fraction of sp³-hybridized carbons (Fsp3) is 0.176. The van der Waals surface area contributed by atoms with Crippen LogP contribution in [0.5, 0.6) is 0 Å². The molecule has 3 N–H and O–H groups in total. The summed E-state index contributed by atoms with van der Waals surface area (Å²) in [5.41, 5.74) is 6.32. The standard InChI is InChI=1S/C17H18N4/c18-21-17(7-5-13-3-1-9-19-12-13)15-6-8-16-14(11-15)4-2-10-20-16/h1-4,6,8-12,17,21H,5,7,18H2. The maximum atomic E-state index is 5.73. The number of benzene rings is 1. The number of nitrogens with one attached hydrogen (secondary N) is 1. The average molecular weight is 278 g/mol. The van der Waals surface area contributed by atoms with E-state index in [0.717, 1.165) is 23.7 Å². The molecule has 4 nitrogen and oxygen atoms in total. The van der Waals surface area contributed by atoms with E-state index in [4.69, 9.17) is 5.84 Å². The Labute approximate surface area is 124 Å². The van der Waals surface area contributed by atoms with Gasteiger partial charge in [-0.3, -0.25) is 21.2 Å². The molecule has 0 aliphatic heterocycles. The van der Waals surface area contributed by atoms with Crippen molar-refractivity contribution >= 4 is 10.9 Å². The topological polar surface area (TPSA) is 63.8 Å². The monoisotopic (exact) mass is 278 g/mol. The molecule has 0 bridgehead atoms. The number of hydrazine groups is 1. The first-order valence-corrected chi connectivity index (χ1v) is 7.06. The van der Waals surface area contributed by atoms with Gasteiger partial charge in [0.25, 0.3) is 0 Å². The third kappa shape index (κ3) is 3.24. The van der Waals surface area contributed by atoms with Gasteiger partial charge in [0.2, 0.25) is 0 Å².